The van der Waals surface area contributed by atoms with Crippen molar-refractivity contribution in [2.45, 2.75) is 6.92 Å². The highest BCUT2D eigenvalue weighted by Crippen LogP contribution is 2.07. The van der Waals surface area contributed by atoms with Crippen LogP contribution in [-0.4, -0.2) is 5.43 Å². The van der Waals surface area contributed by atoms with Gasteiger partial charge in [-0.25, -0.2) is 4.79 Å². The van der Waals surface area contributed by atoms with Gasteiger partial charge in [0.05, 0.1) is 0 Å². The third-order valence-corrected chi connectivity index (χ3v) is 0.375. The lowest BCUT2D eigenvalue weighted by molar-refractivity contribution is 0.195. The largest absolute Gasteiger partial charge is 0.426 e. The van der Waals surface area contributed by atoms with Gasteiger partial charge in [0, 0.05) is 11.6 Å². The molecule has 0 heterocycles. The SMILES string of the molecule is C[C](Cl)OC(=O)Cl. The Kier molecular flexibility index (Phi) is 3.13. The number of carbonyl (C=O) groups is 1. The van der Waals surface area contributed by atoms with Crippen LogP contribution in [0.5, 0.6) is 0 Å². The first-order valence-corrected chi connectivity index (χ1v) is 2.25. The summed E-state index contributed by atoms with van der Waals surface area (Å²) in [6.07, 6.45) is 0. The molecule has 0 fully saturated rings. The zero-order chi connectivity index (χ0) is 5.86. The van der Waals surface area contributed by atoms with Crippen LogP contribution in [0.3, 0.4) is 0 Å². The zero-order valence-corrected chi connectivity index (χ0v) is 5.08. The number of ether oxygens (including phenoxy) is 1. The van der Waals surface area contributed by atoms with E-state index in [0.29, 0.717) is 0 Å². The summed E-state index contributed by atoms with van der Waals surface area (Å²) in [6.45, 7) is 1.42. The first-order valence-electron chi connectivity index (χ1n) is 1.49. The van der Waals surface area contributed by atoms with Crippen LogP contribution in [0.2, 0.25) is 0 Å². The van der Waals surface area contributed by atoms with E-state index in [9.17, 15) is 4.79 Å². The topological polar surface area (TPSA) is 26.3 Å². The standard InChI is InChI=1S/C3H3Cl2O2/c1-2(4)7-3(5)6/h1H3. The van der Waals surface area contributed by atoms with Crippen molar-refractivity contribution in [3.8, 4) is 0 Å². The molecule has 0 spiro atoms. The molecule has 0 saturated carbocycles. The molecule has 0 aromatic rings. The molecule has 0 atom stereocenters. The molecule has 41 valence electrons. The summed E-state index contributed by atoms with van der Waals surface area (Å²) in [6, 6.07) is 0. The van der Waals surface area contributed by atoms with Gasteiger partial charge in [-0.1, -0.05) is 11.6 Å². The van der Waals surface area contributed by atoms with Crippen molar-refractivity contribution in [3.63, 3.8) is 0 Å². The molecule has 0 rings (SSSR count). The molecule has 4 heteroatoms. The van der Waals surface area contributed by atoms with Crippen LogP contribution in [-0.2, 0) is 4.74 Å². The number of rotatable bonds is 1. The van der Waals surface area contributed by atoms with Crippen LogP contribution in [0, 0.1) is 5.56 Å². The van der Waals surface area contributed by atoms with E-state index in [4.69, 9.17) is 23.2 Å². The molecule has 2 nitrogen and oxygen atoms in total. The molecule has 0 N–H and O–H groups in total. The fourth-order valence-corrected chi connectivity index (χ4v) is 0.336. The summed E-state index contributed by atoms with van der Waals surface area (Å²) in [7, 11) is 0. The zero-order valence-electron chi connectivity index (χ0n) is 3.57. The van der Waals surface area contributed by atoms with Gasteiger partial charge in [-0.05, 0) is 6.92 Å². The Morgan fingerprint density at radius 2 is 2.00 bits per heavy atom. The number of hydrogen-bond donors (Lipinski definition) is 0. The summed E-state index contributed by atoms with van der Waals surface area (Å²) in [4.78, 5) is 9.69. The van der Waals surface area contributed by atoms with E-state index >= 15 is 0 Å². The molecular formula is C3H3Cl2O2. The fraction of sp³-hybridized carbons (Fsp3) is 0.333. The van der Waals surface area contributed by atoms with Crippen LogP contribution >= 0.6 is 23.2 Å². The van der Waals surface area contributed by atoms with E-state index in [1.54, 1.807) is 0 Å². The van der Waals surface area contributed by atoms with E-state index in [1.807, 2.05) is 0 Å². The van der Waals surface area contributed by atoms with E-state index in [2.05, 4.69) is 4.74 Å². The fourth-order valence-electron chi connectivity index (χ4n) is 0.111. The monoisotopic (exact) mass is 141 g/mol. The minimum atomic E-state index is -0.910. The molecular weight excluding hydrogens is 139 g/mol. The maximum Gasteiger partial charge on any atom is 0.405 e. The maximum absolute atomic E-state index is 9.69. The van der Waals surface area contributed by atoms with Crippen LogP contribution in [0.1, 0.15) is 6.92 Å². The minimum absolute atomic E-state index is 0.0278. The van der Waals surface area contributed by atoms with Crippen LogP contribution in [0.4, 0.5) is 4.79 Å². The van der Waals surface area contributed by atoms with E-state index in [-0.39, 0.29) is 5.56 Å². The summed E-state index contributed by atoms with van der Waals surface area (Å²) < 4.78 is 4.06. The minimum Gasteiger partial charge on any atom is -0.426 e. The molecule has 0 aromatic heterocycles. The Balaban J connectivity index is 3.13. The quantitative estimate of drug-likeness (QED) is 0.524. The van der Waals surface area contributed by atoms with Gasteiger partial charge in [-0.15, -0.1) is 0 Å². The number of hydrogen-bond acceptors (Lipinski definition) is 2. The third kappa shape index (κ3) is 6.05. The van der Waals surface area contributed by atoms with Crippen molar-refractivity contribution in [3.05, 3.63) is 5.56 Å². The molecule has 0 unspecified atom stereocenters. The van der Waals surface area contributed by atoms with Crippen LogP contribution in [0.25, 0.3) is 0 Å². The lowest BCUT2D eigenvalue weighted by Gasteiger charge is -1.95. The molecule has 7 heavy (non-hydrogen) atoms. The van der Waals surface area contributed by atoms with Crippen molar-refractivity contribution in [2.24, 2.45) is 0 Å². The Bertz CT molecular complexity index is 71.3. The maximum atomic E-state index is 9.69. The van der Waals surface area contributed by atoms with E-state index in [1.165, 1.54) is 6.92 Å². The smallest absolute Gasteiger partial charge is 0.405 e. The van der Waals surface area contributed by atoms with Gasteiger partial charge in [0.15, 0.2) is 0 Å². The molecule has 0 aliphatic rings. The van der Waals surface area contributed by atoms with Crippen molar-refractivity contribution < 1.29 is 9.53 Å². The molecule has 0 aliphatic carbocycles. The Morgan fingerprint density at radius 3 is 2.00 bits per heavy atom. The Hall–Kier alpha value is 0.0500. The molecule has 0 amide bonds. The average molecular weight is 142 g/mol. The predicted octanol–water partition coefficient (Wildman–Crippen LogP) is 2.11. The van der Waals surface area contributed by atoms with Gasteiger partial charge in [0.25, 0.3) is 0 Å². The Labute approximate surface area is 51.4 Å². The van der Waals surface area contributed by atoms with Gasteiger partial charge >= 0.3 is 5.43 Å². The highest BCUT2D eigenvalue weighted by atomic mass is 35.5. The molecule has 0 aliphatic heterocycles. The second-order valence-electron chi connectivity index (χ2n) is 0.810. The van der Waals surface area contributed by atoms with Crippen molar-refractivity contribution in [2.75, 3.05) is 0 Å². The molecule has 0 bridgehead atoms. The molecule has 0 aromatic carbocycles. The molecule has 1 radical (unpaired) electrons. The second-order valence-corrected chi connectivity index (χ2v) is 1.65. The third-order valence-electron chi connectivity index (χ3n) is 0.221. The van der Waals surface area contributed by atoms with Gasteiger partial charge in [-0.3, -0.25) is 0 Å². The van der Waals surface area contributed by atoms with Gasteiger partial charge in [-0.2, -0.15) is 0 Å². The van der Waals surface area contributed by atoms with Gasteiger partial charge in [0.2, 0.25) is 5.56 Å². The van der Waals surface area contributed by atoms with Crippen molar-refractivity contribution in [1.29, 1.82) is 0 Å². The molecule has 0 saturated heterocycles. The van der Waals surface area contributed by atoms with Crippen molar-refractivity contribution in [1.82, 2.24) is 0 Å². The summed E-state index contributed by atoms with van der Waals surface area (Å²) >= 11 is 9.77. The van der Waals surface area contributed by atoms with Crippen LogP contribution in [0.15, 0.2) is 0 Å². The lowest BCUT2D eigenvalue weighted by atomic mass is 10.9. The van der Waals surface area contributed by atoms with Gasteiger partial charge < -0.3 is 4.74 Å². The second kappa shape index (κ2) is 3.10. The Morgan fingerprint density at radius 1 is 1.57 bits per heavy atom. The first-order chi connectivity index (χ1) is 3.13. The van der Waals surface area contributed by atoms with Gasteiger partial charge in [0.1, 0.15) is 0 Å². The summed E-state index contributed by atoms with van der Waals surface area (Å²) in [5.74, 6) is 0. The predicted molar refractivity (Wildman–Crippen MR) is 27.1 cm³/mol. The van der Waals surface area contributed by atoms with Crippen LogP contribution < -0.4 is 0 Å². The normalized spacial score (nSPS) is 9.14. The number of halogens is 2. The first kappa shape index (κ1) is 7.05. The average Bonchev–Trinajstić information content (AvgIpc) is 1.27. The lowest BCUT2D eigenvalue weighted by Crippen LogP contribution is -1.91. The highest BCUT2D eigenvalue weighted by molar-refractivity contribution is 6.61. The van der Waals surface area contributed by atoms with Crippen molar-refractivity contribution >= 4 is 28.6 Å². The number of carbonyl (C=O) groups excluding carboxylic acids is 1. The summed E-state index contributed by atoms with van der Waals surface area (Å²) in [5.41, 5.74) is -0.882. The van der Waals surface area contributed by atoms with E-state index in [0.717, 1.165) is 0 Å². The highest BCUT2D eigenvalue weighted by Gasteiger charge is 2.00. The summed E-state index contributed by atoms with van der Waals surface area (Å²) in [5, 5.41) is 0. The van der Waals surface area contributed by atoms with E-state index < -0.39 is 5.43 Å².